The van der Waals surface area contributed by atoms with Crippen LogP contribution in [0.5, 0.6) is 17.2 Å². The molecule has 0 radical (unpaired) electrons. The molecule has 19 heavy (non-hydrogen) atoms. The predicted octanol–water partition coefficient (Wildman–Crippen LogP) is 3.15. The molecule has 0 amide bonds. The molecule has 0 atom stereocenters. The standard InChI is InChI=1S/C16H18O3/c1-2-11-3-5-12(6-4-11)7-8-13-9-10-14(17)16(19)15(13)18/h3-6,9-10,17-19H,2,7-8H2,1H3. The van der Waals surface area contributed by atoms with Gasteiger partial charge in [-0.2, -0.15) is 0 Å². The minimum Gasteiger partial charge on any atom is -0.504 e. The van der Waals surface area contributed by atoms with Crippen LogP contribution in [0.2, 0.25) is 0 Å². The Balaban J connectivity index is 2.08. The fourth-order valence-corrected chi connectivity index (χ4v) is 2.03. The second kappa shape index (κ2) is 5.65. The van der Waals surface area contributed by atoms with Crippen LogP contribution in [0.4, 0.5) is 0 Å². The first-order valence-corrected chi connectivity index (χ1v) is 6.42. The Bertz CT molecular complexity index is 559. The molecule has 0 bridgehead atoms. The van der Waals surface area contributed by atoms with E-state index in [1.807, 2.05) is 0 Å². The molecule has 0 heterocycles. The monoisotopic (exact) mass is 258 g/mol. The molecule has 0 saturated carbocycles. The lowest BCUT2D eigenvalue weighted by Crippen LogP contribution is -1.93. The highest BCUT2D eigenvalue weighted by atomic mass is 16.3. The molecule has 0 aliphatic rings. The van der Waals surface area contributed by atoms with Gasteiger partial charge >= 0.3 is 0 Å². The van der Waals surface area contributed by atoms with Gasteiger partial charge in [-0.15, -0.1) is 0 Å². The van der Waals surface area contributed by atoms with Crippen molar-refractivity contribution in [3.63, 3.8) is 0 Å². The van der Waals surface area contributed by atoms with Gasteiger partial charge in [-0.05, 0) is 42.0 Å². The maximum absolute atomic E-state index is 9.73. The van der Waals surface area contributed by atoms with Gasteiger partial charge in [0.05, 0.1) is 0 Å². The van der Waals surface area contributed by atoms with Gasteiger partial charge in [0, 0.05) is 0 Å². The molecular weight excluding hydrogens is 240 g/mol. The number of hydrogen-bond acceptors (Lipinski definition) is 3. The first kappa shape index (κ1) is 13.3. The number of phenols is 3. The first-order chi connectivity index (χ1) is 9.11. The van der Waals surface area contributed by atoms with Gasteiger partial charge in [-0.1, -0.05) is 37.3 Å². The molecule has 2 aromatic carbocycles. The zero-order chi connectivity index (χ0) is 13.8. The van der Waals surface area contributed by atoms with Gasteiger partial charge in [-0.3, -0.25) is 0 Å². The van der Waals surface area contributed by atoms with Crippen LogP contribution >= 0.6 is 0 Å². The van der Waals surface area contributed by atoms with Crippen molar-refractivity contribution >= 4 is 0 Å². The van der Waals surface area contributed by atoms with Crippen molar-refractivity contribution in [2.75, 3.05) is 0 Å². The lowest BCUT2D eigenvalue weighted by Gasteiger charge is -2.08. The van der Waals surface area contributed by atoms with Crippen molar-refractivity contribution in [1.82, 2.24) is 0 Å². The summed E-state index contributed by atoms with van der Waals surface area (Å²) in [4.78, 5) is 0. The SMILES string of the molecule is CCc1ccc(CCc2ccc(O)c(O)c2O)cc1. The van der Waals surface area contributed by atoms with Crippen molar-refractivity contribution in [2.45, 2.75) is 26.2 Å². The molecule has 0 aromatic heterocycles. The Hall–Kier alpha value is -2.16. The summed E-state index contributed by atoms with van der Waals surface area (Å²) in [5, 5.41) is 28.4. The molecule has 0 saturated heterocycles. The van der Waals surface area contributed by atoms with Crippen molar-refractivity contribution in [3.05, 3.63) is 53.1 Å². The summed E-state index contributed by atoms with van der Waals surface area (Å²) in [5.74, 6) is -0.974. The molecule has 0 aliphatic heterocycles. The molecule has 100 valence electrons. The van der Waals surface area contributed by atoms with Crippen LogP contribution < -0.4 is 0 Å². The van der Waals surface area contributed by atoms with E-state index in [4.69, 9.17) is 0 Å². The summed E-state index contributed by atoms with van der Waals surface area (Å²) < 4.78 is 0. The van der Waals surface area contributed by atoms with Gasteiger partial charge in [0.25, 0.3) is 0 Å². The molecule has 3 heteroatoms. The lowest BCUT2D eigenvalue weighted by molar-refractivity contribution is 0.365. The average molecular weight is 258 g/mol. The number of phenolic OH excluding ortho intramolecular Hbond substituents is 3. The lowest BCUT2D eigenvalue weighted by atomic mass is 10.0. The second-order valence-corrected chi connectivity index (χ2v) is 4.61. The maximum Gasteiger partial charge on any atom is 0.200 e. The maximum atomic E-state index is 9.73. The number of benzene rings is 2. The van der Waals surface area contributed by atoms with E-state index in [2.05, 4.69) is 31.2 Å². The van der Waals surface area contributed by atoms with E-state index in [0.717, 1.165) is 12.8 Å². The molecule has 3 N–H and O–H groups in total. The van der Waals surface area contributed by atoms with E-state index in [1.165, 1.54) is 17.2 Å². The Labute approximate surface area is 112 Å². The van der Waals surface area contributed by atoms with Gasteiger partial charge in [0.2, 0.25) is 5.75 Å². The van der Waals surface area contributed by atoms with Crippen LogP contribution in [0.1, 0.15) is 23.6 Å². The predicted molar refractivity (Wildman–Crippen MR) is 74.7 cm³/mol. The highest BCUT2D eigenvalue weighted by molar-refractivity contribution is 5.53. The molecule has 0 unspecified atom stereocenters. The minimum atomic E-state index is -0.446. The van der Waals surface area contributed by atoms with Gasteiger partial charge in [-0.25, -0.2) is 0 Å². The highest BCUT2D eigenvalue weighted by Gasteiger charge is 2.10. The van der Waals surface area contributed by atoms with E-state index in [1.54, 1.807) is 6.07 Å². The van der Waals surface area contributed by atoms with Crippen LogP contribution in [0.25, 0.3) is 0 Å². The molecular formula is C16H18O3. The largest absolute Gasteiger partial charge is 0.504 e. The second-order valence-electron chi connectivity index (χ2n) is 4.61. The van der Waals surface area contributed by atoms with Crippen molar-refractivity contribution in [2.24, 2.45) is 0 Å². The van der Waals surface area contributed by atoms with Crippen molar-refractivity contribution < 1.29 is 15.3 Å². The number of aromatic hydroxyl groups is 3. The van der Waals surface area contributed by atoms with E-state index in [0.29, 0.717) is 12.0 Å². The molecule has 2 rings (SSSR count). The molecule has 0 fully saturated rings. The zero-order valence-corrected chi connectivity index (χ0v) is 10.9. The zero-order valence-electron chi connectivity index (χ0n) is 10.9. The Morgan fingerprint density at radius 2 is 1.37 bits per heavy atom. The third-order valence-electron chi connectivity index (χ3n) is 3.33. The Morgan fingerprint density at radius 1 is 0.737 bits per heavy atom. The van der Waals surface area contributed by atoms with E-state index in [-0.39, 0.29) is 11.5 Å². The van der Waals surface area contributed by atoms with Crippen molar-refractivity contribution in [1.29, 1.82) is 0 Å². The van der Waals surface area contributed by atoms with Crippen molar-refractivity contribution in [3.8, 4) is 17.2 Å². The summed E-state index contributed by atoms with van der Waals surface area (Å²) in [6.45, 7) is 2.12. The summed E-state index contributed by atoms with van der Waals surface area (Å²) in [7, 11) is 0. The smallest absolute Gasteiger partial charge is 0.200 e. The summed E-state index contributed by atoms with van der Waals surface area (Å²) in [6.07, 6.45) is 2.42. The third kappa shape index (κ3) is 2.99. The normalized spacial score (nSPS) is 10.6. The fraction of sp³-hybridized carbons (Fsp3) is 0.250. The quantitative estimate of drug-likeness (QED) is 0.738. The fourth-order valence-electron chi connectivity index (χ4n) is 2.03. The summed E-state index contributed by atoms with van der Waals surface area (Å²) in [6, 6.07) is 11.4. The Kier molecular flexibility index (Phi) is 3.95. The Morgan fingerprint density at radius 3 is 2.00 bits per heavy atom. The highest BCUT2D eigenvalue weighted by Crippen LogP contribution is 2.37. The average Bonchev–Trinajstić information content (AvgIpc) is 2.45. The van der Waals surface area contributed by atoms with Gasteiger partial charge in [0.15, 0.2) is 11.5 Å². The third-order valence-corrected chi connectivity index (χ3v) is 3.33. The molecule has 0 spiro atoms. The van der Waals surface area contributed by atoms with Crippen LogP contribution in [-0.2, 0) is 19.3 Å². The van der Waals surface area contributed by atoms with Gasteiger partial charge in [0.1, 0.15) is 0 Å². The summed E-state index contributed by atoms with van der Waals surface area (Å²) >= 11 is 0. The van der Waals surface area contributed by atoms with E-state index in [9.17, 15) is 15.3 Å². The van der Waals surface area contributed by atoms with E-state index < -0.39 is 5.75 Å². The van der Waals surface area contributed by atoms with Crippen LogP contribution in [-0.4, -0.2) is 15.3 Å². The number of hydrogen-bond donors (Lipinski definition) is 3. The number of rotatable bonds is 4. The summed E-state index contributed by atoms with van der Waals surface area (Å²) in [5.41, 5.74) is 3.12. The first-order valence-electron chi connectivity index (χ1n) is 6.42. The molecule has 3 nitrogen and oxygen atoms in total. The van der Waals surface area contributed by atoms with E-state index >= 15 is 0 Å². The topological polar surface area (TPSA) is 60.7 Å². The number of aryl methyl sites for hydroxylation is 3. The molecule has 0 aliphatic carbocycles. The van der Waals surface area contributed by atoms with Gasteiger partial charge < -0.3 is 15.3 Å². The van der Waals surface area contributed by atoms with Crippen LogP contribution in [0, 0.1) is 0 Å². The van der Waals surface area contributed by atoms with Crippen LogP contribution in [0.3, 0.4) is 0 Å². The van der Waals surface area contributed by atoms with Crippen LogP contribution in [0.15, 0.2) is 36.4 Å². The minimum absolute atomic E-state index is 0.231. The molecule has 2 aromatic rings.